The molecule has 2 aliphatic heterocycles. The molecule has 6 rings (SSSR count). The Kier molecular flexibility index (Phi) is 9.16. The minimum Gasteiger partial charge on any atom is -0.474 e. The van der Waals surface area contributed by atoms with Crippen LogP contribution in [-0.4, -0.2) is 84.4 Å². The number of ether oxygens (including phenoxy) is 2. The molecule has 0 aromatic carbocycles. The Bertz CT molecular complexity index is 1650. The molecule has 3 aromatic rings. The van der Waals surface area contributed by atoms with Crippen molar-refractivity contribution in [1.29, 1.82) is 0 Å². The number of aliphatic hydroxyl groups is 1. The smallest absolute Gasteiger partial charge is 0.386 e. The lowest BCUT2D eigenvalue weighted by Crippen LogP contribution is -2.35. The normalized spacial score (nSPS) is 36.4. The molecular weight excluding hydrogens is 660 g/mol. The van der Waals surface area contributed by atoms with Crippen molar-refractivity contribution in [2.45, 2.75) is 69.5 Å². The average Bonchev–Trinajstić information content (AvgIpc) is 3.62. The highest BCUT2D eigenvalue weighted by molar-refractivity contribution is 8.44. The van der Waals surface area contributed by atoms with Crippen molar-refractivity contribution in [3.05, 3.63) is 35.3 Å². The van der Waals surface area contributed by atoms with Gasteiger partial charge in [-0.1, -0.05) is 24.5 Å². The van der Waals surface area contributed by atoms with E-state index in [2.05, 4.69) is 54.7 Å². The zero-order valence-corrected chi connectivity index (χ0v) is 27.0. The van der Waals surface area contributed by atoms with Gasteiger partial charge in [0.1, 0.15) is 30.7 Å². The highest BCUT2D eigenvalue weighted by Crippen LogP contribution is 2.60. The Labute approximate surface area is 261 Å². The lowest BCUT2D eigenvalue weighted by Gasteiger charge is -2.26. The van der Waals surface area contributed by atoms with Gasteiger partial charge >= 0.3 is 13.6 Å². The Morgan fingerprint density at radius 3 is 2.66 bits per heavy atom. The van der Waals surface area contributed by atoms with Crippen molar-refractivity contribution in [3.8, 4) is 5.88 Å². The summed E-state index contributed by atoms with van der Waals surface area (Å²) in [6.45, 7) is -5.06. The molecule has 3 aromatic heterocycles. The van der Waals surface area contributed by atoms with Gasteiger partial charge in [-0.15, -0.1) is 0 Å². The Hall–Kier alpha value is -2.05. The van der Waals surface area contributed by atoms with Crippen molar-refractivity contribution < 1.29 is 41.8 Å². The van der Waals surface area contributed by atoms with Crippen LogP contribution in [0.2, 0.25) is 0 Å². The Morgan fingerprint density at radius 2 is 1.91 bits per heavy atom. The molecule has 5 heterocycles. The quantitative estimate of drug-likeness (QED) is 0.192. The minimum absolute atomic E-state index is 0.00479. The summed E-state index contributed by atoms with van der Waals surface area (Å²) in [7, 11) is 0. The molecule has 9 atom stereocenters. The van der Waals surface area contributed by atoms with Crippen molar-refractivity contribution in [1.82, 2.24) is 29.5 Å². The molecule has 2 saturated heterocycles. The van der Waals surface area contributed by atoms with Crippen LogP contribution in [0.4, 0.5) is 5.95 Å². The molecule has 21 heteroatoms. The van der Waals surface area contributed by atoms with E-state index in [4.69, 9.17) is 27.6 Å². The number of fused-ring (bicyclic) bond motifs is 4. The number of thiol groups is 2. The Morgan fingerprint density at radius 1 is 1.14 bits per heavy atom. The van der Waals surface area contributed by atoms with E-state index in [1.165, 1.54) is 23.4 Å². The van der Waals surface area contributed by atoms with Crippen LogP contribution >= 0.6 is 38.1 Å². The van der Waals surface area contributed by atoms with E-state index >= 15 is 0 Å². The first kappa shape index (κ1) is 31.9. The predicted molar refractivity (Wildman–Crippen MR) is 161 cm³/mol. The van der Waals surface area contributed by atoms with E-state index in [0.717, 1.165) is 0 Å². The topological polar surface area (TPSA) is 211 Å². The van der Waals surface area contributed by atoms with E-state index < -0.39 is 68.4 Å². The number of aromatic amines is 1. The number of hydrogen-bond acceptors (Lipinski definition) is 15. The molecule has 1 aliphatic carbocycles. The number of imidazole rings is 1. The van der Waals surface area contributed by atoms with Crippen LogP contribution in [0.3, 0.4) is 0 Å². The van der Waals surface area contributed by atoms with Gasteiger partial charge in [-0.3, -0.25) is 27.9 Å². The average molecular weight is 692 g/mol. The zero-order valence-electron chi connectivity index (χ0n) is 23.4. The minimum atomic E-state index is -4.17. The summed E-state index contributed by atoms with van der Waals surface area (Å²) in [5.41, 5.74) is -0.415. The summed E-state index contributed by atoms with van der Waals surface area (Å²) in [5, 5.41) is 14.2. The van der Waals surface area contributed by atoms with Gasteiger partial charge in [-0.2, -0.15) is 4.98 Å². The fourth-order valence-electron chi connectivity index (χ4n) is 5.35. The van der Waals surface area contributed by atoms with E-state index in [9.17, 15) is 19.0 Å². The highest BCUT2D eigenvalue weighted by Gasteiger charge is 2.51. The van der Waals surface area contributed by atoms with Crippen LogP contribution < -0.4 is 15.6 Å². The molecule has 240 valence electrons. The molecule has 3 N–H and O–H groups in total. The molecule has 3 aliphatic rings. The van der Waals surface area contributed by atoms with Gasteiger partial charge in [-0.25, -0.2) is 24.1 Å². The lowest BCUT2D eigenvalue weighted by molar-refractivity contribution is -0.0487. The van der Waals surface area contributed by atoms with Gasteiger partial charge in [0.25, 0.3) is 5.56 Å². The van der Waals surface area contributed by atoms with Gasteiger partial charge in [-0.05, 0) is 20.3 Å². The third kappa shape index (κ3) is 7.02. The first-order valence-electron chi connectivity index (χ1n) is 13.7. The van der Waals surface area contributed by atoms with Gasteiger partial charge in [0, 0.05) is 30.6 Å². The van der Waals surface area contributed by atoms with Crippen LogP contribution in [-0.2, 0) is 32.0 Å². The maximum absolute atomic E-state index is 13.5. The number of nitrogens with one attached hydrogen (secondary N) is 2. The molecule has 44 heavy (non-hydrogen) atoms. The number of aromatic nitrogens is 6. The van der Waals surface area contributed by atoms with Crippen LogP contribution in [0.1, 0.15) is 32.9 Å². The van der Waals surface area contributed by atoms with Gasteiger partial charge < -0.3 is 24.4 Å². The van der Waals surface area contributed by atoms with E-state index in [0.29, 0.717) is 12.3 Å². The number of nitrogens with zero attached hydrogens (tertiary/aromatic N) is 5. The van der Waals surface area contributed by atoms with Gasteiger partial charge in [0.15, 0.2) is 17.4 Å². The number of H-pyrrole nitrogens is 1. The standard InChI is InChI=1S/C23H31N7O10P2S2/c1-11(2)27-23-28-20-17(21(32)29-23)26-10-30(20)22-19-18(31)15(38-22)8-36-41(33,43)39-14-6-13(37-16-3-4-24-9-25-16)5-12(14)7-35-42(34,44)40-19/h3-4,9-15,18-19,22,31H,5-8H2,1-2H3,(H,33,43)(H,34,44)(H2,27,28,29,32)/t12-,13-,14+,15-,18-,19-,22-,41-,42-/m1/s1. The largest absolute Gasteiger partial charge is 0.474 e. The number of anilines is 1. The number of rotatable bonds is 5. The van der Waals surface area contributed by atoms with E-state index in [1.54, 1.807) is 6.07 Å². The van der Waals surface area contributed by atoms with Crippen LogP contribution in [0, 0.1) is 5.92 Å². The van der Waals surface area contributed by atoms with Crippen molar-refractivity contribution in [2.24, 2.45) is 5.92 Å². The Balaban J connectivity index is 1.28. The zero-order chi connectivity index (χ0) is 31.2. The van der Waals surface area contributed by atoms with Crippen LogP contribution in [0.5, 0.6) is 5.88 Å². The van der Waals surface area contributed by atoms with Crippen LogP contribution in [0.25, 0.3) is 11.2 Å². The summed E-state index contributed by atoms with van der Waals surface area (Å²) in [4.78, 5) is 31.8. The molecule has 0 unspecified atom stereocenters. The number of hydrogen-bond donors (Lipinski definition) is 5. The molecule has 0 spiro atoms. The predicted octanol–water partition coefficient (Wildman–Crippen LogP) is 2.74. The summed E-state index contributed by atoms with van der Waals surface area (Å²) in [6, 6.07) is 1.55. The summed E-state index contributed by atoms with van der Waals surface area (Å²) < 4.78 is 63.0. The lowest BCUT2D eigenvalue weighted by atomic mass is 10.1. The summed E-state index contributed by atoms with van der Waals surface area (Å²) >= 11 is 8.33. The van der Waals surface area contributed by atoms with E-state index in [-0.39, 0.29) is 36.2 Å². The monoisotopic (exact) mass is 691 g/mol. The molecule has 2 bridgehead atoms. The van der Waals surface area contributed by atoms with E-state index in [1.807, 2.05) is 13.8 Å². The van der Waals surface area contributed by atoms with Gasteiger partial charge in [0.05, 0.1) is 25.6 Å². The maximum atomic E-state index is 13.5. The second kappa shape index (κ2) is 12.6. The van der Waals surface area contributed by atoms with Crippen molar-refractivity contribution >= 4 is 55.2 Å². The fourth-order valence-corrected chi connectivity index (χ4v) is 8.41. The molecule has 0 radical (unpaired) electrons. The third-order valence-corrected chi connectivity index (χ3v) is 10.5. The summed E-state index contributed by atoms with van der Waals surface area (Å²) in [6.07, 6.45) is -1.53. The third-order valence-electron chi connectivity index (χ3n) is 7.25. The fraction of sp³-hybridized carbons (Fsp3) is 0.609. The molecule has 0 amide bonds. The maximum Gasteiger partial charge on any atom is 0.386 e. The highest BCUT2D eigenvalue weighted by atomic mass is 32.7. The summed E-state index contributed by atoms with van der Waals surface area (Å²) in [5.74, 6) is 0.0599. The second-order valence-corrected chi connectivity index (χ2v) is 16.6. The first-order valence-corrected chi connectivity index (χ1v) is 19.1. The first-order chi connectivity index (χ1) is 20.9. The van der Waals surface area contributed by atoms with Crippen molar-refractivity contribution in [2.75, 3.05) is 18.5 Å². The molecule has 3 fully saturated rings. The van der Waals surface area contributed by atoms with Crippen LogP contribution in [0.15, 0.2) is 29.7 Å². The van der Waals surface area contributed by atoms with Crippen molar-refractivity contribution in [3.63, 3.8) is 0 Å². The SMILES string of the molecule is CC(C)Nc1nc2c(ncn2[C@@H]2O[C@@H]3CO[P@@](=O)(S)O[C@H]4C[C@H](Oc5ccncn5)C[C@@H]4CO[P@@](=O)(S)O[C@@H]2[C@@H]3O)c(=O)[nH]1. The second-order valence-electron chi connectivity index (χ2n) is 10.9. The molecule has 1 saturated carbocycles. The number of aliphatic hydroxyl groups excluding tert-OH is 1. The molecular formula is C23H31N7O10P2S2. The van der Waals surface area contributed by atoms with Gasteiger partial charge in [0.2, 0.25) is 11.8 Å². The molecule has 17 nitrogen and oxygen atoms in total.